The molecule has 0 unspecified atom stereocenters. The summed E-state index contributed by atoms with van der Waals surface area (Å²) in [5.41, 5.74) is -0.432. The van der Waals surface area contributed by atoms with E-state index >= 15 is 0 Å². The van der Waals surface area contributed by atoms with Gasteiger partial charge in [-0.1, -0.05) is 11.6 Å². The number of benzene rings is 1. The molecule has 9 heteroatoms. The van der Waals surface area contributed by atoms with E-state index in [1.54, 1.807) is 31.6 Å². The first-order valence-electron chi connectivity index (χ1n) is 7.95. The lowest BCUT2D eigenvalue weighted by Gasteiger charge is -2.08. The number of carbonyl (C=O) groups is 1. The third-order valence-corrected chi connectivity index (χ3v) is 4.02. The van der Waals surface area contributed by atoms with Crippen LogP contribution < -0.4 is 10.9 Å². The summed E-state index contributed by atoms with van der Waals surface area (Å²) in [6, 6.07) is 6.29. The molecule has 0 spiro atoms. The van der Waals surface area contributed by atoms with E-state index in [0.29, 0.717) is 35.0 Å². The Bertz CT molecular complexity index is 982. The van der Waals surface area contributed by atoms with Crippen molar-refractivity contribution in [1.82, 2.24) is 20.1 Å². The largest absolute Gasteiger partial charge is 0.422 e. The van der Waals surface area contributed by atoms with Crippen LogP contribution in [0, 0.1) is 0 Å². The van der Waals surface area contributed by atoms with Crippen LogP contribution in [0.25, 0.3) is 11.0 Å². The highest BCUT2D eigenvalue weighted by Crippen LogP contribution is 2.18. The van der Waals surface area contributed by atoms with Gasteiger partial charge < -0.3 is 19.0 Å². The minimum absolute atomic E-state index is 0.0924. The molecule has 1 aromatic carbocycles. The van der Waals surface area contributed by atoms with Crippen molar-refractivity contribution in [3.63, 3.8) is 0 Å². The fourth-order valence-electron chi connectivity index (χ4n) is 2.49. The maximum Gasteiger partial charge on any atom is 0.349 e. The van der Waals surface area contributed by atoms with Crippen LogP contribution in [0.15, 0.2) is 39.8 Å². The molecule has 1 N–H and O–H groups in total. The number of hydrogen-bond donors (Lipinski definition) is 1. The molecule has 0 aliphatic heterocycles. The van der Waals surface area contributed by atoms with Gasteiger partial charge in [0.1, 0.15) is 17.5 Å². The van der Waals surface area contributed by atoms with E-state index in [1.165, 1.54) is 6.07 Å². The van der Waals surface area contributed by atoms with Gasteiger partial charge in [-0.15, -0.1) is 10.2 Å². The number of halogens is 1. The van der Waals surface area contributed by atoms with Crippen LogP contribution >= 0.6 is 11.6 Å². The molecule has 1 amide bonds. The third-order valence-electron chi connectivity index (χ3n) is 3.79. The Morgan fingerprint density at radius 3 is 3.04 bits per heavy atom. The first-order valence-corrected chi connectivity index (χ1v) is 8.33. The number of rotatable bonds is 7. The molecule has 0 radical (unpaired) electrons. The van der Waals surface area contributed by atoms with Gasteiger partial charge in [0.15, 0.2) is 5.82 Å². The van der Waals surface area contributed by atoms with Crippen molar-refractivity contribution in [3.8, 4) is 0 Å². The van der Waals surface area contributed by atoms with Crippen LogP contribution in [0.3, 0.4) is 0 Å². The summed E-state index contributed by atoms with van der Waals surface area (Å²) in [6.45, 7) is 1.42. The van der Waals surface area contributed by atoms with E-state index in [9.17, 15) is 9.59 Å². The predicted molar refractivity (Wildman–Crippen MR) is 95.2 cm³/mol. The van der Waals surface area contributed by atoms with Crippen molar-refractivity contribution in [3.05, 3.63) is 57.4 Å². The highest BCUT2D eigenvalue weighted by molar-refractivity contribution is 6.31. The lowest BCUT2D eigenvalue weighted by atomic mass is 10.2. The minimum Gasteiger partial charge on any atom is -0.422 e. The van der Waals surface area contributed by atoms with E-state index in [4.69, 9.17) is 20.8 Å². The normalized spacial score (nSPS) is 11.0. The molecule has 0 fully saturated rings. The zero-order chi connectivity index (χ0) is 18.5. The summed E-state index contributed by atoms with van der Waals surface area (Å²) in [7, 11) is 1.63. The molecular weight excluding hydrogens is 360 g/mol. The molecule has 0 aliphatic rings. The van der Waals surface area contributed by atoms with E-state index < -0.39 is 11.5 Å². The molecule has 26 heavy (non-hydrogen) atoms. The van der Waals surface area contributed by atoms with E-state index in [2.05, 4.69) is 15.5 Å². The van der Waals surface area contributed by atoms with Gasteiger partial charge in [-0.3, -0.25) is 4.79 Å². The summed E-state index contributed by atoms with van der Waals surface area (Å²) < 4.78 is 12.0. The minimum atomic E-state index is -0.709. The SMILES string of the molecule is COCCCn1cnnc1CNC(=O)c1cc2cc(Cl)ccc2oc1=O. The summed E-state index contributed by atoms with van der Waals surface area (Å²) in [4.78, 5) is 24.4. The zero-order valence-electron chi connectivity index (χ0n) is 14.1. The van der Waals surface area contributed by atoms with Crippen molar-refractivity contribution in [2.24, 2.45) is 0 Å². The Kier molecular flexibility index (Phi) is 5.65. The van der Waals surface area contributed by atoms with Crippen LogP contribution in [-0.4, -0.2) is 34.4 Å². The molecule has 8 nitrogen and oxygen atoms in total. The smallest absolute Gasteiger partial charge is 0.349 e. The van der Waals surface area contributed by atoms with E-state index in [0.717, 1.165) is 6.42 Å². The first-order chi connectivity index (χ1) is 12.6. The number of methoxy groups -OCH3 is 1. The number of aromatic nitrogens is 3. The van der Waals surface area contributed by atoms with Crippen molar-refractivity contribution in [1.29, 1.82) is 0 Å². The molecule has 0 saturated heterocycles. The van der Waals surface area contributed by atoms with Crippen LogP contribution in [0.2, 0.25) is 5.02 Å². The fraction of sp³-hybridized carbons (Fsp3) is 0.294. The van der Waals surface area contributed by atoms with Gasteiger partial charge in [0.2, 0.25) is 0 Å². The van der Waals surface area contributed by atoms with Gasteiger partial charge in [0, 0.05) is 30.7 Å². The molecule has 0 atom stereocenters. The average molecular weight is 377 g/mol. The highest BCUT2D eigenvalue weighted by Gasteiger charge is 2.15. The van der Waals surface area contributed by atoms with Crippen molar-refractivity contribution < 1.29 is 13.9 Å². The fourth-order valence-corrected chi connectivity index (χ4v) is 2.67. The second kappa shape index (κ2) is 8.11. The number of amides is 1. The Labute approximate surface area is 153 Å². The number of ether oxygens (including phenoxy) is 1. The molecule has 136 valence electrons. The number of carbonyl (C=O) groups excluding carboxylic acids is 1. The molecule has 3 aromatic rings. The molecule has 0 saturated carbocycles. The quantitative estimate of drug-likeness (QED) is 0.500. The molecule has 0 aliphatic carbocycles. The third kappa shape index (κ3) is 4.09. The summed E-state index contributed by atoms with van der Waals surface area (Å²) in [5, 5.41) is 11.6. The Morgan fingerprint density at radius 1 is 1.38 bits per heavy atom. The lowest BCUT2D eigenvalue weighted by molar-refractivity contribution is 0.0945. The maximum absolute atomic E-state index is 12.4. The highest BCUT2D eigenvalue weighted by atomic mass is 35.5. The maximum atomic E-state index is 12.4. The van der Waals surface area contributed by atoms with Gasteiger partial charge in [-0.05, 0) is 30.7 Å². The molecule has 2 aromatic heterocycles. The number of fused-ring (bicyclic) bond motifs is 1. The van der Waals surface area contributed by atoms with Crippen LogP contribution in [0.5, 0.6) is 0 Å². The number of nitrogens with zero attached hydrogens (tertiary/aromatic N) is 3. The predicted octanol–water partition coefficient (Wildman–Crippen LogP) is 2.00. The monoisotopic (exact) mass is 376 g/mol. The van der Waals surface area contributed by atoms with Crippen molar-refractivity contribution in [2.75, 3.05) is 13.7 Å². The number of hydrogen-bond acceptors (Lipinski definition) is 6. The standard InChI is InChI=1S/C17H17ClN4O4/c1-25-6-2-5-22-10-20-21-15(22)9-19-16(23)13-8-11-7-12(18)3-4-14(11)26-17(13)24/h3-4,7-8,10H,2,5-6,9H2,1H3,(H,19,23). The first kappa shape index (κ1) is 18.1. The van der Waals surface area contributed by atoms with E-state index in [-0.39, 0.29) is 12.1 Å². The van der Waals surface area contributed by atoms with Gasteiger partial charge in [0.25, 0.3) is 5.91 Å². The second-order valence-electron chi connectivity index (χ2n) is 5.60. The van der Waals surface area contributed by atoms with Gasteiger partial charge in [-0.2, -0.15) is 0 Å². The molecule has 0 bridgehead atoms. The molecule has 2 heterocycles. The van der Waals surface area contributed by atoms with Crippen LogP contribution in [0.4, 0.5) is 0 Å². The Balaban J connectivity index is 1.73. The summed E-state index contributed by atoms with van der Waals surface area (Å²) in [6.07, 6.45) is 2.38. The van der Waals surface area contributed by atoms with E-state index in [1.807, 2.05) is 4.57 Å². The van der Waals surface area contributed by atoms with Gasteiger partial charge in [-0.25, -0.2) is 4.79 Å². The lowest BCUT2D eigenvalue weighted by Crippen LogP contribution is -2.29. The number of aryl methyl sites for hydroxylation is 1. The molecule has 3 rings (SSSR count). The van der Waals surface area contributed by atoms with Crippen molar-refractivity contribution >= 4 is 28.5 Å². The Hall–Kier alpha value is -2.71. The zero-order valence-corrected chi connectivity index (χ0v) is 14.8. The summed E-state index contributed by atoms with van der Waals surface area (Å²) >= 11 is 5.94. The van der Waals surface area contributed by atoms with Crippen molar-refractivity contribution in [2.45, 2.75) is 19.5 Å². The van der Waals surface area contributed by atoms with Crippen LogP contribution in [0.1, 0.15) is 22.6 Å². The number of nitrogens with one attached hydrogen (secondary N) is 1. The Morgan fingerprint density at radius 2 is 2.23 bits per heavy atom. The molecular formula is C17H17ClN4O4. The van der Waals surface area contributed by atoms with Crippen LogP contribution in [-0.2, 0) is 17.8 Å². The summed E-state index contributed by atoms with van der Waals surface area (Å²) in [5.74, 6) is 0.0368. The average Bonchev–Trinajstić information content (AvgIpc) is 3.07. The topological polar surface area (TPSA) is 99.2 Å². The second-order valence-corrected chi connectivity index (χ2v) is 6.04. The van der Waals surface area contributed by atoms with Gasteiger partial charge in [0.05, 0.1) is 6.54 Å². The van der Waals surface area contributed by atoms with Gasteiger partial charge >= 0.3 is 5.63 Å².